The zero-order chi connectivity index (χ0) is 17.4. The minimum absolute atomic E-state index is 0.00502. The van der Waals surface area contributed by atoms with Crippen molar-refractivity contribution >= 4 is 23.5 Å². The van der Waals surface area contributed by atoms with E-state index in [-0.39, 0.29) is 24.1 Å². The van der Waals surface area contributed by atoms with Gasteiger partial charge in [-0.2, -0.15) is 0 Å². The molecule has 4 rings (SSSR count). The van der Waals surface area contributed by atoms with Gasteiger partial charge in [0.15, 0.2) is 0 Å². The highest BCUT2D eigenvalue weighted by Crippen LogP contribution is 2.30. The molecule has 0 spiro atoms. The van der Waals surface area contributed by atoms with Crippen molar-refractivity contribution in [2.75, 3.05) is 24.5 Å². The number of benzene rings is 1. The molecule has 0 N–H and O–H groups in total. The molecule has 0 aliphatic carbocycles. The smallest absolute Gasteiger partial charge is 0.410 e. The summed E-state index contributed by atoms with van der Waals surface area (Å²) in [5.41, 5.74) is 0.992. The third-order valence-electron chi connectivity index (χ3n) is 4.71. The second kappa shape index (κ2) is 6.52. The van der Waals surface area contributed by atoms with E-state index in [0.29, 0.717) is 31.1 Å². The van der Waals surface area contributed by atoms with Crippen molar-refractivity contribution in [2.24, 2.45) is 0 Å². The van der Waals surface area contributed by atoms with E-state index in [1.165, 1.54) is 12.1 Å². The van der Waals surface area contributed by atoms with Gasteiger partial charge >= 0.3 is 6.09 Å². The maximum absolute atomic E-state index is 13.0. The molecule has 5 nitrogen and oxygen atoms in total. The van der Waals surface area contributed by atoms with Gasteiger partial charge in [0.05, 0.1) is 17.6 Å². The van der Waals surface area contributed by atoms with Gasteiger partial charge in [0.1, 0.15) is 17.7 Å². The van der Waals surface area contributed by atoms with Crippen molar-refractivity contribution in [1.82, 2.24) is 9.88 Å². The van der Waals surface area contributed by atoms with Gasteiger partial charge in [-0.25, -0.2) is 14.2 Å². The molecule has 3 heterocycles. The van der Waals surface area contributed by atoms with Crippen LogP contribution in [0.2, 0.25) is 5.02 Å². The van der Waals surface area contributed by atoms with E-state index < -0.39 is 0 Å². The first-order valence-electron chi connectivity index (χ1n) is 8.18. The average molecular weight is 362 g/mol. The number of aromatic nitrogens is 1. The molecule has 2 fully saturated rings. The molecule has 0 bridgehead atoms. The van der Waals surface area contributed by atoms with Gasteiger partial charge < -0.3 is 9.64 Å². The van der Waals surface area contributed by atoms with E-state index in [1.54, 1.807) is 29.3 Å². The van der Waals surface area contributed by atoms with Crippen molar-refractivity contribution in [1.29, 1.82) is 0 Å². The average Bonchev–Trinajstić information content (AvgIpc) is 3.12. The summed E-state index contributed by atoms with van der Waals surface area (Å²) < 4.78 is 18.5. The predicted octanol–water partition coefficient (Wildman–Crippen LogP) is 3.13. The first-order chi connectivity index (χ1) is 12.1. The number of anilines is 1. The first kappa shape index (κ1) is 16.1. The Kier molecular flexibility index (Phi) is 4.21. The zero-order valence-electron chi connectivity index (χ0n) is 13.4. The summed E-state index contributed by atoms with van der Waals surface area (Å²) >= 11 is 5.88. The lowest BCUT2D eigenvalue weighted by molar-refractivity contribution is 0.136. The Morgan fingerprint density at radius 2 is 2.00 bits per heavy atom. The normalized spacial score (nSPS) is 22.2. The highest BCUT2D eigenvalue weighted by Gasteiger charge is 2.47. The Morgan fingerprint density at radius 3 is 2.72 bits per heavy atom. The monoisotopic (exact) mass is 361 g/mol. The molecule has 1 amide bonds. The Hall–Kier alpha value is -2.34. The molecule has 25 heavy (non-hydrogen) atoms. The van der Waals surface area contributed by atoms with Crippen LogP contribution in [0.3, 0.4) is 0 Å². The SMILES string of the molecule is O=C1O[C@@H]2CN(c3ccc(Cl)cn3)C[C@@H]2N1CCc1ccc(F)cc1. The zero-order valence-corrected chi connectivity index (χ0v) is 14.2. The number of hydrogen-bond donors (Lipinski definition) is 0. The highest BCUT2D eigenvalue weighted by molar-refractivity contribution is 6.30. The van der Waals surface area contributed by atoms with Crippen LogP contribution in [0.5, 0.6) is 0 Å². The van der Waals surface area contributed by atoms with Crippen molar-refractivity contribution in [3.63, 3.8) is 0 Å². The Morgan fingerprint density at radius 1 is 1.20 bits per heavy atom. The van der Waals surface area contributed by atoms with Crippen LogP contribution < -0.4 is 4.90 Å². The lowest BCUT2D eigenvalue weighted by atomic mass is 10.1. The molecule has 7 heteroatoms. The van der Waals surface area contributed by atoms with E-state index in [9.17, 15) is 9.18 Å². The number of carbonyl (C=O) groups is 1. The van der Waals surface area contributed by atoms with E-state index in [0.717, 1.165) is 11.4 Å². The van der Waals surface area contributed by atoms with Crippen LogP contribution in [0.1, 0.15) is 5.56 Å². The van der Waals surface area contributed by atoms with Gasteiger partial charge in [-0.15, -0.1) is 0 Å². The number of ether oxygens (including phenoxy) is 1. The summed E-state index contributed by atoms with van der Waals surface area (Å²) in [6, 6.07) is 10.0. The number of carbonyl (C=O) groups excluding carboxylic acids is 1. The summed E-state index contributed by atoms with van der Waals surface area (Å²) in [5.74, 6) is 0.569. The van der Waals surface area contributed by atoms with Crippen LogP contribution in [0.25, 0.3) is 0 Å². The van der Waals surface area contributed by atoms with E-state index in [1.807, 2.05) is 6.07 Å². The first-order valence-corrected chi connectivity index (χ1v) is 8.56. The van der Waals surface area contributed by atoms with E-state index in [4.69, 9.17) is 16.3 Å². The molecule has 2 aliphatic heterocycles. The number of rotatable bonds is 4. The number of amides is 1. The molecule has 130 valence electrons. The molecule has 0 radical (unpaired) electrons. The lowest BCUT2D eigenvalue weighted by Gasteiger charge is -2.23. The standard InChI is InChI=1S/C18H17ClFN3O2/c19-13-3-6-17(21-9-13)22-10-15-16(11-22)25-18(24)23(15)8-7-12-1-4-14(20)5-2-12/h1-6,9,15-16H,7-8,10-11H2/t15-,16+/m0/s1. The third kappa shape index (κ3) is 3.26. The molecule has 0 saturated carbocycles. The maximum Gasteiger partial charge on any atom is 0.410 e. The van der Waals surface area contributed by atoms with E-state index in [2.05, 4.69) is 9.88 Å². The molecule has 2 atom stereocenters. The number of nitrogens with zero attached hydrogens (tertiary/aromatic N) is 3. The van der Waals surface area contributed by atoms with Crippen molar-refractivity contribution in [3.05, 3.63) is 59.0 Å². The van der Waals surface area contributed by atoms with Crippen LogP contribution in [0.15, 0.2) is 42.6 Å². The van der Waals surface area contributed by atoms with Gasteiger partial charge in [0.2, 0.25) is 0 Å². The second-order valence-corrected chi connectivity index (χ2v) is 6.74. The number of halogens is 2. The van der Waals surface area contributed by atoms with Crippen LogP contribution in [-0.4, -0.2) is 47.8 Å². The predicted molar refractivity (Wildman–Crippen MR) is 92.3 cm³/mol. The summed E-state index contributed by atoms with van der Waals surface area (Å²) in [6.07, 6.45) is 1.85. The highest BCUT2D eigenvalue weighted by atomic mass is 35.5. The molecular weight excluding hydrogens is 345 g/mol. The fourth-order valence-corrected chi connectivity index (χ4v) is 3.52. The maximum atomic E-state index is 13.0. The third-order valence-corrected chi connectivity index (χ3v) is 4.94. The lowest BCUT2D eigenvalue weighted by Crippen LogP contribution is -2.39. The summed E-state index contributed by atoms with van der Waals surface area (Å²) in [7, 11) is 0. The topological polar surface area (TPSA) is 45.7 Å². The Labute approximate surface area is 150 Å². The van der Waals surface area contributed by atoms with Gasteiger partial charge in [0.25, 0.3) is 0 Å². The Bertz CT molecular complexity index is 769. The number of fused-ring (bicyclic) bond motifs is 1. The van der Waals surface area contributed by atoms with Gasteiger partial charge in [-0.05, 0) is 36.2 Å². The Balaban J connectivity index is 1.42. The van der Waals surface area contributed by atoms with Crippen LogP contribution >= 0.6 is 11.6 Å². The minimum Gasteiger partial charge on any atom is -0.442 e. The van der Waals surface area contributed by atoms with Gasteiger partial charge in [-0.1, -0.05) is 23.7 Å². The van der Waals surface area contributed by atoms with Crippen LogP contribution in [0, 0.1) is 5.82 Å². The molecule has 2 saturated heterocycles. The number of hydrogen-bond acceptors (Lipinski definition) is 4. The molecule has 2 aromatic rings. The van der Waals surface area contributed by atoms with Gasteiger partial charge in [0, 0.05) is 19.3 Å². The van der Waals surface area contributed by atoms with E-state index >= 15 is 0 Å². The molecule has 2 aliphatic rings. The van der Waals surface area contributed by atoms with Crippen molar-refractivity contribution in [3.8, 4) is 0 Å². The molecule has 0 unspecified atom stereocenters. The van der Waals surface area contributed by atoms with Crippen molar-refractivity contribution in [2.45, 2.75) is 18.6 Å². The molecule has 1 aromatic carbocycles. The summed E-state index contributed by atoms with van der Waals surface area (Å²) in [6.45, 7) is 1.85. The van der Waals surface area contributed by atoms with Gasteiger partial charge in [-0.3, -0.25) is 4.90 Å². The minimum atomic E-state index is -0.277. The number of pyridine rings is 1. The summed E-state index contributed by atoms with van der Waals surface area (Å²) in [4.78, 5) is 20.3. The molecule has 1 aromatic heterocycles. The van der Waals surface area contributed by atoms with Crippen LogP contribution in [0.4, 0.5) is 15.0 Å². The van der Waals surface area contributed by atoms with Crippen LogP contribution in [-0.2, 0) is 11.2 Å². The van der Waals surface area contributed by atoms with Crippen molar-refractivity contribution < 1.29 is 13.9 Å². The second-order valence-electron chi connectivity index (χ2n) is 6.30. The fourth-order valence-electron chi connectivity index (χ4n) is 3.40. The summed E-state index contributed by atoms with van der Waals surface area (Å²) in [5, 5.41) is 0.593. The quantitative estimate of drug-likeness (QED) is 0.839. The fraction of sp³-hybridized carbons (Fsp3) is 0.333. The molecular formula is C18H17ClFN3O2. The largest absolute Gasteiger partial charge is 0.442 e.